The summed E-state index contributed by atoms with van der Waals surface area (Å²) in [4.78, 5) is 7.29. The van der Waals surface area contributed by atoms with E-state index in [1.165, 1.54) is 0 Å². The molecule has 1 atom stereocenters. The van der Waals surface area contributed by atoms with Crippen molar-refractivity contribution >= 4 is 0 Å². The molecule has 0 saturated carbocycles. The van der Waals surface area contributed by atoms with E-state index < -0.39 is 0 Å². The van der Waals surface area contributed by atoms with Gasteiger partial charge in [-0.1, -0.05) is 13.8 Å². The van der Waals surface area contributed by atoms with Gasteiger partial charge in [0.2, 0.25) is 5.88 Å². The number of nitrogens with zero attached hydrogens (tertiary/aromatic N) is 1. The Labute approximate surface area is 72.2 Å². The highest BCUT2D eigenvalue weighted by Gasteiger charge is 2.26. The fourth-order valence-electron chi connectivity index (χ4n) is 1.75. The highest BCUT2D eigenvalue weighted by Crippen LogP contribution is 2.35. The molecule has 0 saturated heterocycles. The summed E-state index contributed by atoms with van der Waals surface area (Å²) in [5.74, 6) is 2.09. The molecule has 1 aromatic rings. The minimum absolute atomic E-state index is 0.569. The number of H-pyrrole nitrogens is 1. The van der Waals surface area contributed by atoms with E-state index in [1.807, 2.05) is 0 Å². The van der Waals surface area contributed by atoms with Crippen molar-refractivity contribution in [2.45, 2.75) is 26.2 Å². The van der Waals surface area contributed by atoms with Crippen molar-refractivity contribution in [2.75, 3.05) is 6.61 Å². The number of hydrogen-bond donors (Lipinski definition) is 1. The zero-order valence-corrected chi connectivity index (χ0v) is 7.50. The van der Waals surface area contributed by atoms with Crippen LogP contribution < -0.4 is 4.74 Å². The predicted molar refractivity (Wildman–Crippen MR) is 46.3 cm³/mol. The quantitative estimate of drug-likeness (QED) is 0.692. The van der Waals surface area contributed by atoms with Crippen LogP contribution in [-0.4, -0.2) is 16.6 Å². The Bertz CT molecular complexity index is 267. The lowest BCUT2D eigenvalue weighted by atomic mass is 9.89. The average molecular weight is 166 g/mol. The number of aromatic amines is 1. The first-order valence-electron chi connectivity index (χ1n) is 4.45. The number of imidazole rings is 1. The molecular formula is C9H14N2O. The molecule has 0 radical (unpaired) electrons. The van der Waals surface area contributed by atoms with E-state index in [4.69, 9.17) is 4.74 Å². The van der Waals surface area contributed by atoms with Crippen molar-refractivity contribution in [3.05, 3.63) is 12.0 Å². The largest absolute Gasteiger partial charge is 0.478 e. The van der Waals surface area contributed by atoms with Crippen molar-refractivity contribution in [1.82, 2.24) is 9.97 Å². The summed E-state index contributed by atoms with van der Waals surface area (Å²) < 4.78 is 5.43. The van der Waals surface area contributed by atoms with Crippen LogP contribution in [0.4, 0.5) is 0 Å². The van der Waals surface area contributed by atoms with E-state index in [2.05, 4.69) is 23.8 Å². The van der Waals surface area contributed by atoms with E-state index in [0.717, 1.165) is 24.6 Å². The van der Waals surface area contributed by atoms with Crippen LogP contribution in [0.3, 0.4) is 0 Å². The molecule has 0 aromatic carbocycles. The third kappa shape index (κ3) is 1.09. The van der Waals surface area contributed by atoms with Gasteiger partial charge >= 0.3 is 0 Å². The number of fused-ring (bicyclic) bond motifs is 1. The van der Waals surface area contributed by atoms with Crippen molar-refractivity contribution in [3.63, 3.8) is 0 Å². The second-order valence-electron chi connectivity index (χ2n) is 3.60. The SMILES string of the molecule is CC(C)C1CCOc2[nH]cnc21. The predicted octanol–water partition coefficient (Wildman–Crippen LogP) is 1.93. The van der Waals surface area contributed by atoms with Gasteiger partial charge in [0.15, 0.2) is 0 Å². The molecule has 1 N–H and O–H groups in total. The Kier molecular flexibility index (Phi) is 1.79. The van der Waals surface area contributed by atoms with E-state index in [-0.39, 0.29) is 0 Å². The fraction of sp³-hybridized carbons (Fsp3) is 0.667. The third-order valence-electron chi connectivity index (χ3n) is 2.46. The van der Waals surface area contributed by atoms with Crippen LogP contribution in [0.1, 0.15) is 31.9 Å². The molecule has 0 amide bonds. The van der Waals surface area contributed by atoms with Crippen LogP contribution >= 0.6 is 0 Å². The lowest BCUT2D eigenvalue weighted by Crippen LogP contribution is -2.18. The van der Waals surface area contributed by atoms with Gasteiger partial charge in [0.25, 0.3) is 0 Å². The summed E-state index contributed by atoms with van der Waals surface area (Å²) in [6, 6.07) is 0. The van der Waals surface area contributed by atoms with Gasteiger partial charge in [0.05, 0.1) is 12.9 Å². The molecule has 3 nitrogen and oxygen atoms in total. The van der Waals surface area contributed by atoms with Gasteiger partial charge < -0.3 is 9.72 Å². The number of aromatic nitrogens is 2. The molecule has 1 unspecified atom stereocenters. The molecule has 0 bridgehead atoms. The maximum Gasteiger partial charge on any atom is 0.214 e. The number of rotatable bonds is 1. The zero-order valence-electron chi connectivity index (χ0n) is 7.50. The first kappa shape index (κ1) is 7.65. The standard InChI is InChI=1S/C9H14N2O/c1-6(2)7-3-4-12-9-8(7)10-5-11-9/h5-7H,3-4H2,1-2H3,(H,10,11). The summed E-state index contributed by atoms with van der Waals surface area (Å²) in [6.07, 6.45) is 2.81. The zero-order chi connectivity index (χ0) is 8.55. The van der Waals surface area contributed by atoms with Gasteiger partial charge in [-0.05, 0) is 12.3 Å². The molecule has 3 heteroatoms. The molecule has 12 heavy (non-hydrogen) atoms. The van der Waals surface area contributed by atoms with Gasteiger partial charge in [-0.2, -0.15) is 0 Å². The molecule has 0 aliphatic carbocycles. The molecule has 66 valence electrons. The highest BCUT2D eigenvalue weighted by atomic mass is 16.5. The van der Waals surface area contributed by atoms with Crippen LogP contribution in [0.5, 0.6) is 5.88 Å². The normalized spacial score (nSPS) is 22.1. The van der Waals surface area contributed by atoms with Crippen LogP contribution in [0.2, 0.25) is 0 Å². The van der Waals surface area contributed by atoms with Crippen molar-refractivity contribution in [2.24, 2.45) is 5.92 Å². The molecule has 1 aliphatic heterocycles. The van der Waals surface area contributed by atoms with Crippen LogP contribution in [0, 0.1) is 5.92 Å². The van der Waals surface area contributed by atoms with Gasteiger partial charge in [-0.25, -0.2) is 4.98 Å². The smallest absolute Gasteiger partial charge is 0.214 e. The van der Waals surface area contributed by atoms with Gasteiger partial charge in [-0.3, -0.25) is 0 Å². The minimum Gasteiger partial charge on any atom is -0.478 e. The number of ether oxygens (including phenoxy) is 1. The molecule has 0 fully saturated rings. The maximum atomic E-state index is 5.43. The summed E-state index contributed by atoms with van der Waals surface area (Å²) in [7, 11) is 0. The Morgan fingerprint density at radius 1 is 1.67 bits per heavy atom. The van der Waals surface area contributed by atoms with E-state index in [0.29, 0.717) is 11.8 Å². The minimum atomic E-state index is 0.569. The third-order valence-corrected chi connectivity index (χ3v) is 2.46. The Balaban J connectivity index is 2.31. The van der Waals surface area contributed by atoms with E-state index >= 15 is 0 Å². The molecule has 0 spiro atoms. The number of nitrogens with one attached hydrogen (secondary N) is 1. The van der Waals surface area contributed by atoms with Gasteiger partial charge in [-0.15, -0.1) is 0 Å². The Morgan fingerprint density at radius 3 is 3.25 bits per heavy atom. The molecule has 2 heterocycles. The summed E-state index contributed by atoms with van der Waals surface area (Å²) >= 11 is 0. The maximum absolute atomic E-state index is 5.43. The lowest BCUT2D eigenvalue weighted by molar-refractivity contribution is 0.237. The van der Waals surface area contributed by atoms with Crippen molar-refractivity contribution < 1.29 is 4.74 Å². The van der Waals surface area contributed by atoms with E-state index in [1.54, 1.807) is 6.33 Å². The average Bonchev–Trinajstić information content (AvgIpc) is 2.49. The molecule has 2 rings (SSSR count). The summed E-state index contributed by atoms with van der Waals surface area (Å²) in [6.45, 7) is 5.28. The van der Waals surface area contributed by atoms with Crippen LogP contribution in [0.25, 0.3) is 0 Å². The Hall–Kier alpha value is -0.990. The van der Waals surface area contributed by atoms with Crippen LogP contribution in [-0.2, 0) is 0 Å². The highest BCUT2D eigenvalue weighted by molar-refractivity contribution is 5.24. The first-order chi connectivity index (χ1) is 5.79. The van der Waals surface area contributed by atoms with Crippen molar-refractivity contribution in [3.8, 4) is 5.88 Å². The second kappa shape index (κ2) is 2.81. The monoisotopic (exact) mass is 166 g/mol. The van der Waals surface area contributed by atoms with Gasteiger partial charge in [0.1, 0.15) is 5.69 Å². The summed E-state index contributed by atoms with van der Waals surface area (Å²) in [5, 5.41) is 0. The van der Waals surface area contributed by atoms with Crippen LogP contribution in [0.15, 0.2) is 6.33 Å². The second-order valence-corrected chi connectivity index (χ2v) is 3.60. The summed E-state index contributed by atoms with van der Waals surface area (Å²) in [5.41, 5.74) is 1.11. The topological polar surface area (TPSA) is 37.9 Å². The fourth-order valence-corrected chi connectivity index (χ4v) is 1.75. The molecule has 1 aromatic heterocycles. The molecule has 1 aliphatic rings. The lowest BCUT2D eigenvalue weighted by Gasteiger charge is -2.24. The van der Waals surface area contributed by atoms with Crippen molar-refractivity contribution in [1.29, 1.82) is 0 Å². The molecular weight excluding hydrogens is 152 g/mol. The first-order valence-corrected chi connectivity index (χ1v) is 4.45. The van der Waals surface area contributed by atoms with Gasteiger partial charge in [0, 0.05) is 5.92 Å². The number of hydrogen-bond acceptors (Lipinski definition) is 2. The Morgan fingerprint density at radius 2 is 2.50 bits per heavy atom. The van der Waals surface area contributed by atoms with E-state index in [9.17, 15) is 0 Å².